The molecule has 3 rings (SSSR count). The Balaban J connectivity index is 1.65. The maximum absolute atomic E-state index is 6.00. The molecular weight excluding hydrogens is 250 g/mol. The molecule has 1 aliphatic rings. The zero-order valence-corrected chi connectivity index (χ0v) is 12.1. The summed E-state index contributed by atoms with van der Waals surface area (Å²) in [6.45, 7) is 0. The number of hydrogen-bond acceptors (Lipinski definition) is 4. The zero-order valence-electron chi connectivity index (χ0n) is 12.1. The Bertz CT molecular complexity index is 577. The third-order valence-electron chi connectivity index (χ3n) is 4.09. The number of para-hydroxylation sites is 2. The van der Waals surface area contributed by atoms with Crippen LogP contribution in [0.5, 0.6) is 5.88 Å². The molecule has 0 spiro atoms. The number of benzene rings is 1. The molecule has 4 nitrogen and oxygen atoms in total. The van der Waals surface area contributed by atoms with Gasteiger partial charge in [-0.15, -0.1) is 0 Å². The lowest BCUT2D eigenvalue weighted by molar-refractivity contribution is 0.107. The summed E-state index contributed by atoms with van der Waals surface area (Å²) in [7, 11) is 4.31. The molecule has 20 heavy (non-hydrogen) atoms. The minimum absolute atomic E-state index is 0.279. The minimum Gasteiger partial charge on any atom is -0.473 e. The van der Waals surface area contributed by atoms with Gasteiger partial charge in [0.25, 0.3) is 0 Å². The van der Waals surface area contributed by atoms with Crippen LogP contribution in [0, 0.1) is 0 Å². The normalized spacial score (nSPS) is 23.1. The Morgan fingerprint density at radius 1 is 1.05 bits per heavy atom. The van der Waals surface area contributed by atoms with E-state index in [9.17, 15) is 0 Å². The molecule has 0 saturated heterocycles. The molecule has 2 aromatic rings. The molecule has 1 aromatic carbocycles. The highest BCUT2D eigenvalue weighted by molar-refractivity contribution is 5.73. The lowest BCUT2D eigenvalue weighted by atomic mass is 9.92. The van der Waals surface area contributed by atoms with Gasteiger partial charge in [-0.1, -0.05) is 12.1 Å². The second-order valence-electron chi connectivity index (χ2n) is 5.71. The van der Waals surface area contributed by atoms with Crippen LogP contribution < -0.4 is 4.74 Å². The largest absolute Gasteiger partial charge is 0.473 e. The Morgan fingerprint density at radius 3 is 2.45 bits per heavy atom. The molecule has 1 fully saturated rings. The van der Waals surface area contributed by atoms with Gasteiger partial charge in [0.15, 0.2) is 0 Å². The van der Waals surface area contributed by atoms with Crippen LogP contribution in [-0.2, 0) is 0 Å². The minimum atomic E-state index is 0.279. The summed E-state index contributed by atoms with van der Waals surface area (Å²) in [6, 6.07) is 8.58. The average Bonchev–Trinajstić information content (AvgIpc) is 2.48. The third kappa shape index (κ3) is 2.90. The van der Waals surface area contributed by atoms with Gasteiger partial charge in [0, 0.05) is 6.04 Å². The highest BCUT2D eigenvalue weighted by Gasteiger charge is 2.23. The van der Waals surface area contributed by atoms with E-state index in [-0.39, 0.29) is 6.10 Å². The quantitative estimate of drug-likeness (QED) is 0.860. The summed E-state index contributed by atoms with van der Waals surface area (Å²) < 4.78 is 6.00. The monoisotopic (exact) mass is 271 g/mol. The number of aromatic nitrogens is 2. The fraction of sp³-hybridized carbons (Fsp3) is 0.500. The van der Waals surface area contributed by atoms with Gasteiger partial charge in [0.2, 0.25) is 5.88 Å². The summed E-state index contributed by atoms with van der Waals surface area (Å²) in [5.74, 6) is 0.650. The van der Waals surface area contributed by atoms with Crippen molar-refractivity contribution in [2.24, 2.45) is 0 Å². The highest BCUT2D eigenvalue weighted by atomic mass is 16.5. The third-order valence-corrected chi connectivity index (χ3v) is 4.09. The van der Waals surface area contributed by atoms with E-state index >= 15 is 0 Å². The van der Waals surface area contributed by atoms with Crippen LogP contribution >= 0.6 is 0 Å². The van der Waals surface area contributed by atoms with Crippen molar-refractivity contribution in [3.8, 4) is 5.88 Å². The Kier molecular flexibility index (Phi) is 3.83. The molecule has 0 bridgehead atoms. The lowest BCUT2D eigenvalue weighted by Crippen LogP contribution is -2.35. The SMILES string of the molecule is CN(C)C1CCC(Oc2cnc3ccccc3n2)CC1. The topological polar surface area (TPSA) is 38.2 Å². The van der Waals surface area contributed by atoms with Crippen LogP contribution in [0.2, 0.25) is 0 Å². The Hall–Kier alpha value is -1.68. The molecule has 0 N–H and O–H groups in total. The van der Waals surface area contributed by atoms with Crippen LogP contribution in [0.1, 0.15) is 25.7 Å². The van der Waals surface area contributed by atoms with Crippen molar-refractivity contribution in [3.05, 3.63) is 30.5 Å². The van der Waals surface area contributed by atoms with Gasteiger partial charge in [-0.05, 0) is 51.9 Å². The van der Waals surface area contributed by atoms with Crippen molar-refractivity contribution in [1.82, 2.24) is 14.9 Å². The van der Waals surface area contributed by atoms with Crippen molar-refractivity contribution < 1.29 is 4.74 Å². The molecule has 0 unspecified atom stereocenters. The van der Waals surface area contributed by atoms with Gasteiger partial charge in [-0.3, -0.25) is 0 Å². The number of hydrogen-bond donors (Lipinski definition) is 0. The smallest absolute Gasteiger partial charge is 0.233 e. The molecule has 0 amide bonds. The zero-order chi connectivity index (χ0) is 13.9. The van der Waals surface area contributed by atoms with Gasteiger partial charge in [-0.2, -0.15) is 0 Å². The van der Waals surface area contributed by atoms with E-state index in [2.05, 4.69) is 29.0 Å². The van der Waals surface area contributed by atoms with E-state index in [4.69, 9.17) is 4.74 Å². The van der Waals surface area contributed by atoms with Gasteiger partial charge in [-0.25, -0.2) is 9.97 Å². The van der Waals surface area contributed by atoms with Crippen LogP contribution in [0.25, 0.3) is 11.0 Å². The van der Waals surface area contributed by atoms with Gasteiger partial charge in [0.1, 0.15) is 6.10 Å². The first kappa shape index (κ1) is 13.3. The maximum atomic E-state index is 6.00. The molecule has 0 aliphatic heterocycles. The molecule has 106 valence electrons. The van der Waals surface area contributed by atoms with E-state index < -0.39 is 0 Å². The highest BCUT2D eigenvalue weighted by Crippen LogP contribution is 2.25. The van der Waals surface area contributed by atoms with Crippen molar-refractivity contribution in [1.29, 1.82) is 0 Å². The van der Waals surface area contributed by atoms with Gasteiger partial charge >= 0.3 is 0 Å². The van der Waals surface area contributed by atoms with Crippen LogP contribution in [0.15, 0.2) is 30.5 Å². The van der Waals surface area contributed by atoms with E-state index in [0.29, 0.717) is 11.9 Å². The predicted octanol–water partition coefficient (Wildman–Crippen LogP) is 2.88. The number of fused-ring (bicyclic) bond motifs is 1. The molecule has 1 saturated carbocycles. The average molecular weight is 271 g/mol. The first-order valence-electron chi connectivity index (χ1n) is 7.27. The van der Waals surface area contributed by atoms with E-state index in [1.165, 1.54) is 12.8 Å². The fourth-order valence-corrected chi connectivity index (χ4v) is 2.85. The van der Waals surface area contributed by atoms with E-state index in [0.717, 1.165) is 23.9 Å². The second-order valence-corrected chi connectivity index (χ2v) is 5.71. The summed E-state index contributed by atoms with van der Waals surface area (Å²) in [4.78, 5) is 11.2. The van der Waals surface area contributed by atoms with Crippen LogP contribution in [0.3, 0.4) is 0 Å². The summed E-state index contributed by atoms with van der Waals surface area (Å²) >= 11 is 0. The maximum Gasteiger partial charge on any atom is 0.233 e. The number of rotatable bonds is 3. The molecular formula is C16H21N3O. The first-order chi connectivity index (χ1) is 9.72. The molecule has 1 aromatic heterocycles. The molecule has 4 heteroatoms. The van der Waals surface area contributed by atoms with Gasteiger partial charge < -0.3 is 9.64 Å². The fourth-order valence-electron chi connectivity index (χ4n) is 2.85. The number of ether oxygens (including phenoxy) is 1. The van der Waals surface area contributed by atoms with Gasteiger partial charge in [0.05, 0.1) is 17.2 Å². The molecule has 0 radical (unpaired) electrons. The summed E-state index contributed by atoms with van der Waals surface area (Å²) in [5.41, 5.74) is 1.81. The van der Waals surface area contributed by atoms with E-state index in [1.54, 1.807) is 6.20 Å². The predicted molar refractivity (Wildman–Crippen MR) is 79.9 cm³/mol. The number of nitrogens with zero attached hydrogens (tertiary/aromatic N) is 3. The Morgan fingerprint density at radius 2 is 1.75 bits per heavy atom. The van der Waals surface area contributed by atoms with Crippen molar-refractivity contribution in [3.63, 3.8) is 0 Å². The second kappa shape index (κ2) is 5.75. The van der Waals surface area contributed by atoms with Crippen LogP contribution in [0.4, 0.5) is 0 Å². The standard InChI is InChI=1S/C16H21N3O/c1-19(2)12-7-9-13(10-8-12)20-16-11-17-14-5-3-4-6-15(14)18-16/h3-6,11-13H,7-10H2,1-2H3. The lowest BCUT2D eigenvalue weighted by Gasteiger charge is -2.32. The summed E-state index contributed by atoms with van der Waals surface area (Å²) in [5, 5.41) is 0. The summed E-state index contributed by atoms with van der Waals surface area (Å²) in [6.07, 6.45) is 6.59. The molecule has 0 atom stereocenters. The molecule has 1 heterocycles. The van der Waals surface area contributed by atoms with Crippen molar-refractivity contribution in [2.75, 3.05) is 14.1 Å². The first-order valence-corrected chi connectivity index (χ1v) is 7.27. The molecule has 1 aliphatic carbocycles. The van der Waals surface area contributed by atoms with Crippen molar-refractivity contribution >= 4 is 11.0 Å². The van der Waals surface area contributed by atoms with Crippen molar-refractivity contribution in [2.45, 2.75) is 37.8 Å². The Labute approximate surface area is 119 Å². The van der Waals surface area contributed by atoms with E-state index in [1.807, 2.05) is 24.3 Å². The van der Waals surface area contributed by atoms with Crippen LogP contribution in [-0.4, -0.2) is 41.1 Å².